The number of ether oxygens (including phenoxy) is 2. The first kappa shape index (κ1) is 15.1. The smallest absolute Gasteiger partial charge is 0.231 e. The van der Waals surface area contributed by atoms with Gasteiger partial charge in [-0.3, -0.25) is 0 Å². The van der Waals surface area contributed by atoms with Gasteiger partial charge in [0.2, 0.25) is 6.79 Å². The zero-order valence-corrected chi connectivity index (χ0v) is 12.9. The van der Waals surface area contributed by atoms with Gasteiger partial charge in [-0.05, 0) is 35.4 Å². The van der Waals surface area contributed by atoms with Gasteiger partial charge in [-0.15, -0.1) is 0 Å². The first-order valence-electron chi connectivity index (χ1n) is 6.47. The molecule has 0 aromatic heterocycles. The second kappa shape index (κ2) is 8.12. The Morgan fingerprint density at radius 3 is 2.30 bits per heavy atom. The predicted molar refractivity (Wildman–Crippen MR) is 89.3 cm³/mol. The highest BCUT2D eigenvalue weighted by Crippen LogP contribution is 2.32. The summed E-state index contributed by atoms with van der Waals surface area (Å²) < 4.78 is 10.3. The molecule has 0 bridgehead atoms. The van der Waals surface area contributed by atoms with Crippen molar-refractivity contribution < 1.29 is 9.47 Å². The van der Waals surface area contributed by atoms with E-state index in [1.807, 2.05) is 24.3 Å². The molecule has 3 rings (SSSR count). The third-order valence-electron chi connectivity index (χ3n) is 2.86. The number of thiol groups is 2. The highest BCUT2D eigenvalue weighted by molar-refractivity contribution is 7.80. The molecule has 0 saturated heterocycles. The van der Waals surface area contributed by atoms with Crippen LogP contribution in [0.25, 0.3) is 0 Å². The summed E-state index contributed by atoms with van der Waals surface area (Å²) >= 11 is 8.29. The van der Waals surface area contributed by atoms with Crippen molar-refractivity contribution in [3.63, 3.8) is 0 Å². The molecule has 0 unspecified atom stereocenters. The average molecular weight is 306 g/mol. The molecule has 4 heteroatoms. The topological polar surface area (TPSA) is 18.5 Å². The second-order valence-electron chi connectivity index (χ2n) is 4.30. The zero-order valence-electron chi connectivity index (χ0n) is 11.2. The molecule has 0 atom stereocenters. The molecule has 0 spiro atoms. The Labute approximate surface area is 130 Å². The lowest BCUT2D eigenvalue weighted by atomic mass is 10.2. The maximum absolute atomic E-state index is 5.18. The lowest BCUT2D eigenvalue weighted by molar-refractivity contribution is 0.174. The van der Waals surface area contributed by atoms with Crippen LogP contribution in [0.5, 0.6) is 11.5 Å². The van der Waals surface area contributed by atoms with Gasteiger partial charge in [-0.1, -0.05) is 36.4 Å². The van der Waals surface area contributed by atoms with Crippen molar-refractivity contribution in [1.29, 1.82) is 0 Å². The van der Waals surface area contributed by atoms with E-state index < -0.39 is 0 Å². The fourth-order valence-corrected chi connectivity index (χ4v) is 2.27. The molecule has 0 amide bonds. The van der Waals surface area contributed by atoms with Crippen LogP contribution in [-0.4, -0.2) is 12.5 Å². The third-order valence-corrected chi connectivity index (χ3v) is 3.45. The number of hydrogen-bond donors (Lipinski definition) is 2. The van der Waals surface area contributed by atoms with Crippen molar-refractivity contribution in [2.45, 2.75) is 12.2 Å². The van der Waals surface area contributed by atoms with Crippen LogP contribution in [0.15, 0.2) is 48.5 Å². The summed E-state index contributed by atoms with van der Waals surface area (Å²) in [5.41, 5.74) is 2.52. The molecular weight excluding hydrogens is 288 g/mol. The number of fused-ring (bicyclic) bond motifs is 1. The highest BCUT2D eigenvalue weighted by atomic mass is 32.1. The third kappa shape index (κ3) is 4.39. The molecule has 106 valence electrons. The van der Waals surface area contributed by atoms with Crippen LogP contribution >= 0.6 is 25.3 Å². The van der Waals surface area contributed by atoms with Gasteiger partial charge >= 0.3 is 0 Å². The van der Waals surface area contributed by atoms with E-state index >= 15 is 0 Å². The first-order valence-corrected chi connectivity index (χ1v) is 7.74. The van der Waals surface area contributed by atoms with Crippen LogP contribution in [-0.2, 0) is 12.2 Å². The Morgan fingerprint density at radius 2 is 1.60 bits per heavy atom. The first-order chi connectivity index (χ1) is 9.83. The molecule has 1 aliphatic rings. The summed E-state index contributed by atoms with van der Waals surface area (Å²) in [5, 5.41) is 0. The Balaban J connectivity index is 0.000000151. The van der Waals surface area contributed by atoms with Crippen molar-refractivity contribution in [2.24, 2.45) is 0 Å². The molecule has 20 heavy (non-hydrogen) atoms. The monoisotopic (exact) mass is 306 g/mol. The van der Waals surface area contributed by atoms with E-state index in [-0.39, 0.29) is 0 Å². The van der Waals surface area contributed by atoms with Gasteiger partial charge in [0.15, 0.2) is 11.5 Å². The van der Waals surface area contributed by atoms with Gasteiger partial charge in [0.25, 0.3) is 0 Å². The maximum Gasteiger partial charge on any atom is 0.231 e. The number of hydrogen-bond acceptors (Lipinski definition) is 4. The minimum Gasteiger partial charge on any atom is -0.454 e. The molecule has 2 nitrogen and oxygen atoms in total. The summed E-state index contributed by atoms with van der Waals surface area (Å²) in [6, 6.07) is 16.2. The Morgan fingerprint density at radius 1 is 0.850 bits per heavy atom. The second-order valence-corrected chi connectivity index (χ2v) is 5.07. The van der Waals surface area contributed by atoms with Crippen molar-refractivity contribution in [3.05, 3.63) is 59.7 Å². The minimum absolute atomic E-state index is 0.339. The van der Waals surface area contributed by atoms with E-state index in [2.05, 4.69) is 49.5 Å². The standard InChI is InChI=1S/C8H8O2S.C8H10S/c11-4-6-1-2-7-8(3-6)10-5-9-7;9-7-6-8-4-2-1-3-5-8/h1-3,11H,4-5H2;1-5,9H,6-7H2. The molecule has 0 saturated carbocycles. The van der Waals surface area contributed by atoms with E-state index in [0.717, 1.165) is 35.0 Å². The molecule has 0 fully saturated rings. The number of aryl methyl sites for hydroxylation is 1. The molecule has 0 N–H and O–H groups in total. The van der Waals surface area contributed by atoms with Crippen LogP contribution in [0.1, 0.15) is 11.1 Å². The molecule has 1 heterocycles. The predicted octanol–water partition coefficient (Wildman–Crippen LogP) is 4.00. The normalized spacial score (nSPS) is 11.7. The maximum atomic E-state index is 5.18. The van der Waals surface area contributed by atoms with Crippen LogP contribution in [0, 0.1) is 0 Å². The summed E-state index contributed by atoms with van der Waals surface area (Å²) in [6.45, 7) is 0.339. The average Bonchev–Trinajstić information content (AvgIpc) is 2.96. The van der Waals surface area contributed by atoms with Gasteiger partial charge in [-0.2, -0.15) is 25.3 Å². The highest BCUT2D eigenvalue weighted by Gasteiger charge is 2.12. The molecule has 2 aromatic carbocycles. The lowest BCUT2D eigenvalue weighted by Gasteiger charge is -1.97. The summed E-state index contributed by atoms with van der Waals surface area (Å²) in [7, 11) is 0. The van der Waals surface area contributed by atoms with Crippen molar-refractivity contribution in [3.8, 4) is 11.5 Å². The van der Waals surface area contributed by atoms with Gasteiger partial charge in [0.1, 0.15) is 0 Å². The SMILES string of the molecule is SCCc1ccccc1.SCc1ccc2c(c1)OCO2. The van der Waals surface area contributed by atoms with E-state index in [4.69, 9.17) is 9.47 Å². The van der Waals surface area contributed by atoms with Crippen molar-refractivity contribution >= 4 is 25.3 Å². The molecular formula is C16H18O2S2. The van der Waals surface area contributed by atoms with E-state index in [9.17, 15) is 0 Å². The molecule has 0 aliphatic carbocycles. The van der Waals surface area contributed by atoms with E-state index in [0.29, 0.717) is 6.79 Å². The van der Waals surface area contributed by atoms with Crippen LogP contribution in [0.4, 0.5) is 0 Å². The largest absolute Gasteiger partial charge is 0.454 e. The summed E-state index contributed by atoms with van der Waals surface area (Å²) in [6.07, 6.45) is 1.07. The Kier molecular flexibility index (Phi) is 6.15. The lowest BCUT2D eigenvalue weighted by Crippen LogP contribution is -1.92. The van der Waals surface area contributed by atoms with Gasteiger partial charge < -0.3 is 9.47 Å². The number of benzene rings is 2. The van der Waals surface area contributed by atoms with Gasteiger partial charge in [-0.25, -0.2) is 0 Å². The summed E-state index contributed by atoms with van der Waals surface area (Å²) in [5.74, 6) is 3.33. The van der Waals surface area contributed by atoms with E-state index in [1.165, 1.54) is 5.56 Å². The van der Waals surface area contributed by atoms with Crippen molar-refractivity contribution in [2.75, 3.05) is 12.5 Å². The minimum atomic E-state index is 0.339. The van der Waals surface area contributed by atoms with Crippen LogP contribution < -0.4 is 9.47 Å². The quantitative estimate of drug-likeness (QED) is 0.835. The molecule has 1 aliphatic heterocycles. The van der Waals surface area contributed by atoms with Crippen LogP contribution in [0.2, 0.25) is 0 Å². The Bertz CT molecular complexity index is 529. The van der Waals surface area contributed by atoms with Gasteiger partial charge in [0, 0.05) is 5.75 Å². The summed E-state index contributed by atoms with van der Waals surface area (Å²) in [4.78, 5) is 0. The number of rotatable bonds is 3. The zero-order chi connectivity index (χ0) is 14.2. The van der Waals surface area contributed by atoms with Crippen LogP contribution in [0.3, 0.4) is 0 Å². The molecule has 0 radical (unpaired) electrons. The fourth-order valence-electron chi connectivity index (χ4n) is 1.81. The molecule has 2 aromatic rings. The Hall–Kier alpha value is -1.26. The van der Waals surface area contributed by atoms with E-state index in [1.54, 1.807) is 0 Å². The fraction of sp³-hybridized carbons (Fsp3) is 0.250. The van der Waals surface area contributed by atoms with Crippen molar-refractivity contribution in [1.82, 2.24) is 0 Å². The van der Waals surface area contributed by atoms with Gasteiger partial charge in [0.05, 0.1) is 0 Å².